The highest BCUT2D eigenvalue weighted by Crippen LogP contribution is 2.29. The number of hydrogen-bond donors (Lipinski definition) is 0. The molecule has 1 saturated heterocycles. The first-order valence-electron chi connectivity index (χ1n) is 10.5. The van der Waals surface area contributed by atoms with Crippen LogP contribution in [0.4, 0.5) is 0 Å². The first kappa shape index (κ1) is 23.6. The fraction of sp³-hybridized carbons (Fsp3) is 0.435. The molecule has 1 atom stereocenters. The van der Waals surface area contributed by atoms with Crippen LogP contribution in [0.15, 0.2) is 47.4 Å². The van der Waals surface area contributed by atoms with Crippen molar-refractivity contribution in [3.8, 4) is 5.75 Å². The van der Waals surface area contributed by atoms with Crippen LogP contribution in [0.2, 0.25) is 5.02 Å². The van der Waals surface area contributed by atoms with E-state index in [1.807, 2.05) is 31.2 Å². The molecule has 8 heteroatoms. The Morgan fingerprint density at radius 3 is 2.26 bits per heavy atom. The summed E-state index contributed by atoms with van der Waals surface area (Å²) in [7, 11) is -0.455. The second-order valence-electron chi connectivity index (χ2n) is 7.83. The molecule has 0 bridgehead atoms. The van der Waals surface area contributed by atoms with Gasteiger partial charge in [0.1, 0.15) is 10.6 Å². The number of hydrogen-bond acceptors (Lipinski definition) is 4. The van der Waals surface area contributed by atoms with E-state index in [-0.39, 0.29) is 21.9 Å². The molecule has 1 aliphatic rings. The highest BCUT2D eigenvalue weighted by molar-refractivity contribution is 7.89. The van der Waals surface area contributed by atoms with Gasteiger partial charge in [0, 0.05) is 25.7 Å². The van der Waals surface area contributed by atoms with Gasteiger partial charge in [0.25, 0.3) is 5.91 Å². The maximum atomic E-state index is 13.2. The summed E-state index contributed by atoms with van der Waals surface area (Å²) >= 11 is 6.27. The lowest BCUT2D eigenvalue weighted by Crippen LogP contribution is -2.33. The smallest absolute Gasteiger partial charge is 0.254 e. The van der Waals surface area contributed by atoms with Crippen molar-refractivity contribution in [1.29, 1.82) is 0 Å². The Bertz CT molecular complexity index is 1020. The van der Waals surface area contributed by atoms with Gasteiger partial charge < -0.3 is 9.64 Å². The zero-order valence-corrected chi connectivity index (χ0v) is 19.7. The largest absolute Gasteiger partial charge is 0.497 e. The standard InChI is InChI=1S/C23H29ClN2O4S/c1-17(18-8-11-20(30-3)12-9-18)25(2)23(27)19-10-13-21(24)22(16-19)31(28,29)26-14-6-4-5-7-15-26/h8-13,16-17H,4-7,14-15H2,1-3H3. The summed E-state index contributed by atoms with van der Waals surface area (Å²) in [6.45, 7) is 2.88. The lowest BCUT2D eigenvalue weighted by molar-refractivity contribution is 0.0742. The zero-order chi connectivity index (χ0) is 22.6. The van der Waals surface area contributed by atoms with E-state index in [1.165, 1.54) is 16.4 Å². The highest BCUT2D eigenvalue weighted by Gasteiger charge is 2.29. The lowest BCUT2D eigenvalue weighted by Gasteiger charge is -2.26. The summed E-state index contributed by atoms with van der Waals surface area (Å²) in [5.41, 5.74) is 1.24. The number of methoxy groups -OCH3 is 1. The van der Waals surface area contributed by atoms with Gasteiger partial charge in [-0.3, -0.25) is 4.79 Å². The summed E-state index contributed by atoms with van der Waals surface area (Å²) < 4.78 is 33.1. The van der Waals surface area contributed by atoms with Crippen LogP contribution >= 0.6 is 11.6 Å². The van der Waals surface area contributed by atoms with E-state index in [9.17, 15) is 13.2 Å². The Morgan fingerprint density at radius 2 is 1.68 bits per heavy atom. The van der Waals surface area contributed by atoms with Crippen LogP contribution in [0.25, 0.3) is 0 Å². The number of nitrogens with zero attached hydrogens (tertiary/aromatic N) is 2. The average molecular weight is 465 g/mol. The van der Waals surface area contributed by atoms with Crippen molar-refractivity contribution in [2.75, 3.05) is 27.2 Å². The predicted octanol–water partition coefficient (Wildman–Crippen LogP) is 4.75. The molecule has 0 saturated carbocycles. The van der Waals surface area contributed by atoms with E-state index < -0.39 is 10.0 Å². The van der Waals surface area contributed by atoms with Crippen molar-refractivity contribution in [3.05, 3.63) is 58.6 Å². The van der Waals surface area contributed by atoms with Crippen molar-refractivity contribution in [2.45, 2.75) is 43.5 Å². The van der Waals surface area contributed by atoms with Crippen LogP contribution in [-0.2, 0) is 10.0 Å². The van der Waals surface area contributed by atoms with E-state index in [0.717, 1.165) is 37.0 Å². The minimum absolute atomic E-state index is 0.00702. The van der Waals surface area contributed by atoms with Gasteiger partial charge in [-0.25, -0.2) is 8.42 Å². The third-order valence-electron chi connectivity index (χ3n) is 5.86. The normalized spacial score (nSPS) is 16.4. The van der Waals surface area contributed by atoms with E-state index >= 15 is 0 Å². The molecule has 3 rings (SSSR count). The van der Waals surface area contributed by atoms with E-state index in [2.05, 4.69) is 0 Å². The van der Waals surface area contributed by atoms with Gasteiger partial charge in [0.15, 0.2) is 0 Å². The molecule has 1 fully saturated rings. The number of benzene rings is 2. The Hall–Kier alpha value is -2.09. The van der Waals surface area contributed by atoms with Crippen molar-refractivity contribution >= 4 is 27.5 Å². The minimum atomic E-state index is -3.76. The molecule has 1 aliphatic heterocycles. The number of halogens is 1. The van der Waals surface area contributed by atoms with Gasteiger partial charge in [-0.15, -0.1) is 0 Å². The Labute approximate surface area is 189 Å². The lowest BCUT2D eigenvalue weighted by atomic mass is 10.1. The molecule has 0 radical (unpaired) electrons. The summed E-state index contributed by atoms with van der Waals surface area (Å²) in [5, 5.41) is 0.131. The first-order chi connectivity index (χ1) is 14.8. The van der Waals surface area contributed by atoms with Crippen LogP contribution in [-0.4, -0.2) is 50.8 Å². The van der Waals surface area contributed by atoms with Crippen LogP contribution in [0, 0.1) is 0 Å². The van der Waals surface area contributed by atoms with E-state index in [0.29, 0.717) is 18.7 Å². The Balaban J connectivity index is 1.86. The number of carbonyl (C=O) groups is 1. The summed E-state index contributed by atoms with van der Waals surface area (Å²) in [5.74, 6) is 0.471. The highest BCUT2D eigenvalue weighted by atomic mass is 35.5. The van der Waals surface area contributed by atoms with Crippen molar-refractivity contribution < 1.29 is 17.9 Å². The molecular formula is C23H29ClN2O4S. The summed E-state index contributed by atoms with van der Waals surface area (Å²) in [4.78, 5) is 14.7. The summed E-state index contributed by atoms with van der Waals surface area (Å²) in [6, 6.07) is 11.8. The number of ether oxygens (including phenoxy) is 1. The van der Waals surface area contributed by atoms with Gasteiger partial charge >= 0.3 is 0 Å². The number of sulfonamides is 1. The molecule has 31 heavy (non-hydrogen) atoms. The first-order valence-corrected chi connectivity index (χ1v) is 12.3. The number of rotatable bonds is 6. The second kappa shape index (κ2) is 10.0. The fourth-order valence-corrected chi connectivity index (χ4v) is 5.76. The minimum Gasteiger partial charge on any atom is -0.497 e. The molecule has 0 aliphatic carbocycles. The predicted molar refractivity (Wildman–Crippen MR) is 122 cm³/mol. The SMILES string of the molecule is COc1ccc(C(C)N(C)C(=O)c2ccc(Cl)c(S(=O)(=O)N3CCCCCC3)c2)cc1. The van der Waals surface area contributed by atoms with Gasteiger partial charge in [-0.1, -0.05) is 36.6 Å². The Kier molecular flexibility index (Phi) is 7.62. The number of carbonyl (C=O) groups excluding carboxylic acids is 1. The topological polar surface area (TPSA) is 66.9 Å². The van der Waals surface area contributed by atoms with Gasteiger partial charge in [-0.2, -0.15) is 4.31 Å². The van der Waals surface area contributed by atoms with Gasteiger partial charge in [0.2, 0.25) is 10.0 Å². The average Bonchev–Trinajstić information content (AvgIpc) is 3.08. The van der Waals surface area contributed by atoms with Crippen LogP contribution in [0.1, 0.15) is 54.6 Å². The molecule has 6 nitrogen and oxygen atoms in total. The maximum absolute atomic E-state index is 13.2. The monoisotopic (exact) mass is 464 g/mol. The Morgan fingerprint density at radius 1 is 1.06 bits per heavy atom. The molecular weight excluding hydrogens is 436 g/mol. The fourth-order valence-electron chi connectivity index (χ4n) is 3.74. The molecule has 0 spiro atoms. The zero-order valence-electron chi connectivity index (χ0n) is 18.2. The van der Waals surface area contributed by atoms with Crippen molar-refractivity contribution in [2.24, 2.45) is 0 Å². The molecule has 0 N–H and O–H groups in total. The van der Waals surface area contributed by atoms with Crippen molar-refractivity contribution in [1.82, 2.24) is 9.21 Å². The molecule has 1 heterocycles. The molecule has 168 valence electrons. The van der Waals surface area contributed by atoms with E-state index in [1.54, 1.807) is 25.1 Å². The summed E-state index contributed by atoms with van der Waals surface area (Å²) in [6.07, 6.45) is 3.70. The third kappa shape index (κ3) is 5.22. The van der Waals surface area contributed by atoms with E-state index in [4.69, 9.17) is 16.3 Å². The molecule has 2 aromatic carbocycles. The third-order valence-corrected chi connectivity index (χ3v) is 8.24. The maximum Gasteiger partial charge on any atom is 0.254 e. The van der Waals surface area contributed by atoms with Crippen LogP contribution in [0.5, 0.6) is 5.75 Å². The van der Waals surface area contributed by atoms with Crippen molar-refractivity contribution in [3.63, 3.8) is 0 Å². The molecule has 1 amide bonds. The van der Waals surface area contributed by atoms with Crippen LogP contribution < -0.4 is 4.74 Å². The number of amides is 1. The molecule has 1 unspecified atom stereocenters. The quantitative estimate of drug-likeness (QED) is 0.618. The molecule has 0 aromatic heterocycles. The second-order valence-corrected chi connectivity index (χ2v) is 10.1. The van der Waals surface area contributed by atoms with Crippen LogP contribution in [0.3, 0.4) is 0 Å². The van der Waals surface area contributed by atoms with Gasteiger partial charge in [0.05, 0.1) is 18.2 Å². The molecule has 2 aromatic rings. The van der Waals surface area contributed by atoms with Gasteiger partial charge in [-0.05, 0) is 55.7 Å².